The van der Waals surface area contributed by atoms with Gasteiger partial charge in [0.05, 0.1) is 11.9 Å². The Bertz CT molecular complexity index is 862. The van der Waals surface area contributed by atoms with Crippen LogP contribution in [0.3, 0.4) is 0 Å². The Kier molecular flexibility index (Phi) is 16.6. The molecule has 0 aliphatic rings. The smallest absolute Gasteiger partial charge is 0.261 e. The number of amides is 1. The van der Waals surface area contributed by atoms with Gasteiger partial charge in [-0.3, -0.25) is 14.7 Å². The van der Waals surface area contributed by atoms with Crippen LogP contribution in [-0.4, -0.2) is 41.4 Å². The third kappa shape index (κ3) is 11.7. The van der Waals surface area contributed by atoms with Crippen molar-refractivity contribution in [3.05, 3.63) is 70.5 Å². The number of nitrogens with zero attached hydrogens (tertiary/aromatic N) is 1. The van der Waals surface area contributed by atoms with Gasteiger partial charge in [0.15, 0.2) is 6.29 Å². The second-order valence-electron chi connectivity index (χ2n) is 5.96. The van der Waals surface area contributed by atoms with Crippen molar-refractivity contribution in [1.29, 1.82) is 0 Å². The van der Waals surface area contributed by atoms with Crippen LogP contribution < -0.4 is 10.6 Å². The molecule has 0 unspecified atom stereocenters. The van der Waals surface area contributed by atoms with Gasteiger partial charge in [0, 0.05) is 10.9 Å². The Hall–Kier alpha value is -2.55. The van der Waals surface area contributed by atoms with Gasteiger partial charge in [-0.15, -0.1) is 11.6 Å². The van der Waals surface area contributed by atoms with E-state index in [1.54, 1.807) is 12.2 Å². The normalized spacial score (nSPS) is 10.7. The SMILES string of the molecule is C/C=C\C(Cl)=C/CCl.CCCNCC.O=Cc1[nH]ncc1NC(=O)c1c(F)cccc1F. The lowest BCUT2D eigenvalue weighted by Gasteiger charge is -2.05. The van der Waals surface area contributed by atoms with E-state index < -0.39 is 23.1 Å². The summed E-state index contributed by atoms with van der Waals surface area (Å²) in [6.07, 6.45) is 8.24. The number of carbonyl (C=O) groups excluding carboxylic acids is 2. The summed E-state index contributed by atoms with van der Waals surface area (Å²) in [6, 6.07) is 3.08. The summed E-state index contributed by atoms with van der Waals surface area (Å²) < 4.78 is 26.6. The molecule has 0 radical (unpaired) electrons. The molecule has 0 aliphatic carbocycles. The minimum absolute atomic E-state index is 0.0140. The van der Waals surface area contributed by atoms with E-state index in [-0.39, 0.29) is 11.4 Å². The number of nitrogens with one attached hydrogen (secondary N) is 3. The van der Waals surface area contributed by atoms with Crippen molar-refractivity contribution in [3.63, 3.8) is 0 Å². The first kappa shape index (κ1) is 29.5. The molecule has 1 heterocycles. The molecule has 2 rings (SSSR count). The van der Waals surface area contributed by atoms with Crippen molar-refractivity contribution in [1.82, 2.24) is 15.5 Å². The van der Waals surface area contributed by atoms with Crippen LogP contribution in [0.5, 0.6) is 0 Å². The number of halogens is 4. The summed E-state index contributed by atoms with van der Waals surface area (Å²) in [6.45, 7) is 8.47. The lowest BCUT2D eigenvalue weighted by atomic mass is 10.2. The molecule has 6 nitrogen and oxygen atoms in total. The number of hydrogen-bond acceptors (Lipinski definition) is 4. The number of aromatic nitrogens is 2. The van der Waals surface area contributed by atoms with Gasteiger partial charge in [-0.2, -0.15) is 5.10 Å². The molecule has 10 heteroatoms. The van der Waals surface area contributed by atoms with Crippen molar-refractivity contribution in [2.45, 2.75) is 27.2 Å². The van der Waals surface area contributed by atoms with E-state index in [1.165, 1.54) is 12.6 Å². The highest BCUT2D eigenvalue weighted by Gasteiger charge is 2.18. The van der Waals surface area contributed by atoms with E-state index >= 15 is 0 Å². The van der Waals surface area contributed by atoms with Crippen molar-refractivity contribution in [2.24, 2.45) is 0 Å². The Morgan fingerprint density at radius 1 is 1.25 bits per heavy atom. The summed E-state index contributed by atoms with van der Waals surface area (Å²) in [7, 11) is 0. The Morgan fingerprint density at radius 2 is 1.91 bits per heavy atom. The summed E-state index contributed by atoms with van der Waals surface area (Å²) in [5.41, 5.74) is -0.645. The molecule has 0 fully saturated rings. The summed E-state index contributed by atoms with van der Waals surface area (Å²) in [4.78, 5) is 22.2. The number of benzene rings is 1. The van der Waals surface area contributed by atoms with Gasteiger partial charge in [0.25, 0.3) is 5.91 Å². The highest BCUT2D eigenvalue weighted by Crippen LogP contribution is 2.16. The lowest BCUT2D eigenvalue weighted by molar-refractivity contribution is 0.101. The number of H-pyrrole nitrogens is 1. The van der Waals surface area contributed by atoms with Gasteiger partial charge >= 0.3 is 0 Å². The van der Waals surface area contributed by atoms with E-state index in [1.807, 2.05) is 13.0 Å². The minimum atomic E-state index is -0.991. The number of aldehydes is 1. The molecule has 1 aromatic carbocycles. The molecule has 1 amide bonds. The zero-order valence-electron chi connectivity index (χ0n) is 18.2. The van der Waals surface area contributed by atoms with Crippen LogP contribution in [0.15, 0.2) is 47.7 Å². The first-order valence-electron chi connectivity index (χ1n) is 9.84. The lowest BCUT2D eigenvalue weighted by Crippen LogP contribution is -2.16. The molecular weight excluding hydrogens is 461 g/mol. The van der Waals surface area contributed by atoms with Crippen molar-refractivity contribution in [2.75, 3.05) is 24.3 Å². The van der Waals surface area contributed by atoms with E-state index in [0.717, 1.165) is 31.3 Å². The fraction of sp³-hybridized carbons (Fsp3) is 0.318. The van der Waals surface area contributed by atoms with E-state index in [2.05, 4.69) is 34.7 Å². The van der Waals surface area contributed by atoms with Crippen LogP contribution in [0.4, 0.5) is 14.5 Å². The predicted molar refractivity (Wildman–Crippen MR) is 127 cm³/mol. The second kappa shape index (κ2) is 18.1. The maximum Gasteiger partial charge on any atom is 0.261 e. The van der Waals surface area contributed by atoms with Gasteiger partial charge in [0.2, 0.25) is 0 Å². The molecule has 0 atom stereocenters. The van der Waals surface area contributed by atoms with Gasteiger partial charge < -0.3 is 10.6 Å². The molecule has 0 aliphatic heterocycles. The second-order valence-corrected chi connectivity index (χ2v) is 6.71. The van der Waals surface area contributed by atoms with Crippen molar-refractivity contribution in [3.8, 4) is 0 Å². The maximum absolute atomic E-state index is 13.3. The fourth-order valence-corrected chi connectivity index (χ4v) is 2.49. The molecule has 0 bridgehead atoms. The first-order valence-corrected chi connectivity index (χ1v) is 10.8. The standard InChI is InChI=1S/C11H7F2N3O2.C6H8Cl2.C5H13N/c12-6-2-1-3-7(13)10(6)11(18)15-8-4-14-16-9(8)5-17;1-2-3-6(8)4-5-7;1-3-5-6-4-2/h1-5H,(H,14,16)(H,15,18);2-4H,5H2,1H3;6H,3-5H2,1-2H3/b;3-2-,6-4+;. The van der Waals surface area contributed by atoms with Gasteiger partial charge in [0.1, 0.15) is 22.9 Å². The molecule has 0 saturated carbocycles. The Labute approximate surface area is 197 Å². The Balaban J connectivity index is 0.000000571. The van der Waals surface area contributed by atoms with Crippen LogP contribution in [0.2, 0.25) is 0 Å². The highest BCUT2D eigenvalue weighted by molar-refractivity contribution is 6.31. The third-order valence-electron chi connectivity index (χ3n) is 3.50. The van der Waals surface area contributed by atoms with Crippen molar-refractivity contribution < 1.29 is 18.4 Å². The number of alkyl halides is 1. The summed E-state index contributed by atoms with van der Waals surface area (Å²) >= 11 is 10.9. The van der Waals surface area contributed by atoms with Crippen LogP contribution in [-0.2, 0) is 0 Å². The average molecular weight is 489 g/mol. The van der Waals surface area contributed by atoms with E-state index in [0.29, 0.717) is 17.2 Å². The summed E-state index contributed by atoms with van der Waals surface area (Å²) in [5.74, 6) is -2.48. The summed E-state index contributed by atoms with van der Waals surface area (Å²) in [5, 5.41) is 11.9. The molecule has 0 spiro atoms. The minimum Gasteiger partial charge on any atom is -0.318 e. The number of carbonyl (C=O) groups is 2. The molecule has 2 aromatic rings. The largest absolute Gasteiger partial charge is 0.318 e. The number of aromatic amines is 1. The molecule has 176 valence electrons. The topological polar surface area (TPSA) is 86.9 Å². The van der Waals surface area contributed by atoms with Gasteiger partial charge in [-0.1, -0.05) is 43.7 Å². The maximum atomic E-state index is 13.3. The molecular formula is C22H28Cl2F2N4O2. The first-order chi connectivity index (χ1) is 15.4. The fourth-order valence-electron chi connectivity index (χ4n) is 2.04. The zero-order valence-corrected chi connectivity index (χ0v) is 19.7. The molecule has 3 N–H and O–H groups in total. The van der Waals surface area contributed by atoms with Gasteiger partial charge in [-0.25, -0.2) is 8.78 Å². The molecule has 1 aromatic heterocycles. The molecule has 0 saturated heterocycles. The monoisotopic (exact) mass is 488 g/mol. The van der Waals surface area contributed by atoms with Gasteiger partial charge in [-0.05, 0) is 44.6 Å². The molecule has 32 heavy (non-hydrogen) atoms. The van der Waals surface area contributed by atoms with Crippen LogP contribution in [0, 0.1) is 11.6 Å². The number of anilines is 1. The number of allylic oxidation sites excluding steroid dienone is 4. The van der Waals surface area contributed by atoms with Crippen LogP contribution in [0.25, 0.3) is 0 Å². The van der Waals surface area contributed by atoms with Crippen LogP contribution >= 0.6 is 23.2 Å². The van der Waals surface area contributed by atoms with Crippen molar-refractivity contribution >= 4 is 41.1 Å². The number of hydrogen-bond donors (Lipinski definition) is 3. The highest BCUT2D eigenvalue weighted by atomic mass is 35.5. The Morgan fingerprint density at radius 3 is 2.38 bits per heavy atom. The zero-order chi connectivity index (χ0) is 24.4. The van der Waals surface area contributed by atoms with Crippen LogP contribution in [0.1, 0.15) is 48.0 Å². The quantitative estimate of drug-likeness (QED) is 0.193. The van der Waals surface area contributed by atoms with E-state index in [9.17, 15) is 18.4 Å². The van der Waals surface area contributed by atoms with E-state index in [4.69, 9.17) is 23.2 Å². The third-order valence-corrected chi connectivity index (χ3v) is 3.93. The number of rotatable bonds is 8. The predicted octanol–water partition coefficient (Wildman–Crippen LogP) is 5.68. The average Bonchev–Trinajstić information content (AvgIpc) is 3.20.